The van der Waals surface area contributed by atoms with Gasteiger partial charge in [-0.05, 0) is 93.2 Å². The van der Waals surface area contributed by atoms with Crippen LogP contribution in [0.1, 0.15) is 73.6 Å². The summed E-state index contributed by atoms with van der Waals surface area (Å²) in [6.07, 6.45) is 12.2. The molecule has 1 aromatic carbocycles. The largest absolute Gasteiger partial charge is 0.480 e. The molecule has 0 unspecified atom stereocenters. The van der Waals surface area contributed by atoms with Gasteiger partial charge in [0.15, 0.2) is 0 Å². The molecule has 1 aromatic heterocycles. The maximum atomic E-state index is 12.3. The van der Waals surface area contributed by atoms with Crippen LogP contribution in [0.2, 0.25) is 5.02 Å². The Morgan fingerprint density at radius 3 is 2.86 bits per heavy atom. The number of carboxylic acids is 1. The second-order valence-electron chi connectivity index (χ2n) is 10.1. The third-order valence-corrected chi connectivity index (χ3v) is 7.92. The average molecular weight is 496 g/mol. The number of hydrogen-bond acceptors (Lipinski definition) is 5. The molecule has 0 amide bonds. The van der Waals surface area contributed by atoms with E-state index < -0.39 is 12.0 Å². The first-order valence-corrected chi connectivity index (χ1v) is 13.1. The van der Waals surface area contributed by atoms with Crippen molar-refractivity contribution in [1.82, 2.24) is 9.88 Å². The number of ether oxygens (including phenoxy) is 1. The van der Waals surface area contributed by atoms with Crippen molar-refractivity contribution in [3.63, 3.8) is 0 Å². The van der Waals surface area contributed by atoms with Crippen LogP contribution < -0.4 is 5.32 Å². The molecule has 2 heterocycles. The van der Waals surface area contributed by atoms with Crippen molar-refractivity contribution in [2.24, 2.45) is 0 Å². The van der Waals surface area contributed by atoms with Gasteiger partial charge in [0.25, 0.3) is 0 Å². The summed E-state index contributed by atoms with van der Waals surface area (Å²) in [6.45, 7) is 0.742. The SMILES string of the molecule is CN(C1CC(OCCCCC2=CCc3cccnc3N2)C1)[C@H](C(=O)O)c1cccc(Cl)c1C1CC1. The quantitative estimate of drug-likeness (QED) is 0.376. The zero-order chi connectivity index (χ0) is 24.4. The van der Waals surface area contributed by atoms with Gasteiger partial charge in [-0.15, -0.1) is 0 Å². The van der Waals surface area contributed by atoms with Gasteiger partial charge in [0.2, 0.25) is 0 Å². The number of unbranched alkanes of at least 4 members (excludes halogenated alkanes) is 1. The van der Waals surface area contributed by atoms with Crippen molar-refractivity contribution in [3.8, 4) is 0 Å². The molecule has 186 valence electrons. The summed E-state index contributed by atoms with van der Waals surface area (Å²) in [5, 5.41) is 14.2. The molecule has 0 spiro atoms. The van der Waals surface area contributed by atoms with Gasteiger partial charge in [0, 0.05) is 29.6 Å². The molecular weight excluding hydrogens is 462 g/mol. The minimum Gasteiger partial charge on any atom is -0.480 e. The van der Waals surface area contributed by atoms with Crippen LogP contribution in [0, 0.1) is 0 Å². The normalized spacial score (nSPS) is 22.1. The van der Waals surface area contributed by atoms with Crippen molar-refractivity contribution >= 4 is 23.4 Å². The molecule has 6 nitrogen and oxygen atoms in total. The lowest BCUT2D eigenvalue weighted by molar-refractivity contribution is -0.146. The number of nitrogens with one attached hydrogen (secondary N) is 1. The van der Waals surface area contributed by atoms with Crippen molar-refractivity contribution in [2.45, 2.75) is 75.5 Å². The highest BCUT2D eigenvalue weighted by molar-refractivity contribution is 6.31. The highest BCUT2D eigenvalue weighted by Gasteiger charge is 2.41. The van der Waals surface area contributed by atoms with Crippen LogP contribution >= 0.6 is 11.6 Å². The first kappa shape index (κ1) is 24.3. The number of fused-ring (bicyclic) bond motifs is 1. The Morgan fingerprint density at radius 2 is 2.09 bits per heavy atom. The van der Waals surface area contributed by atoms with Crippen LogP contribution in [0.25, 0.3) is 0 Å². The Balaban J connectivity index is 1.05. The molecule has 2 aliphatic carbocycles. The topological polar surface area (TPSA) is 74.7 Å². The number of allylic oxidation sites excluding steroid dienone is 2. The third kappa shape index (κ3) is 5.55. The standard InChI is InChI=1S/C28H34ClN3O3/c1-32(26(28(33)34)23-8-4-9-24(29)25(23)18-10-11-18)21-16-22(17-21)35-15-3-2-7-20-13-12-19-6-5-14-30-27(19)31-20/h4-6,8-9,13-14,18,21-22,26H,2-3,7,10-12,15-17H2,1H3,(H,30,31)(H,33,34)/t21?,22?,26-/m0/s1. The Morgan fingerprint density at radius 1 is 1.26 bits per heavy atom. The average Bonchev–Trinajstić information content (AvgIpc) is 3.65. The van der Waals surface area contributed by atoms with Crippen LogP contribution in [0.5, 0.6) is 0 Å². The molecule has 2 saturated carbocycles. The second-order valence-corrected chi connectivity index (χ2v) is 10.5. The maximum Gasteiger partial charge on any atom is 0.325 e. The summed E-state index contributed by atoms with van der Waals surface area (Å²) >= 11 is 6.48. The fourth-order valence-electron chi connectivity index (χ4n) is 5.32. The van der Waals surface area contributed by atoms with E-state index in [1.807, 2.05) is 42.4 Å². The van der Waals surface area contributed by atoms with Crippen molar-refractivity contribution in [1.29, 1.82) is 0 Å². The smallest absolute Gasteiger partial charge is 0.325 e. The van der Waals surface area contributed by atoms with Crippen LogP contribution in [0.4, 0.5) is 5.82 Å². The second kappa shape index (κ2) is 10.7. The first-order chi connectivity index (χ1) is 17.0. The van der Waals surface area contributed by atoms with Gasteiger partial charge >= 0.3 is 5.97 Å². The number of rotatable bonds is 11. The van der Waals surface area contributed by atoms with Crippen LogP contribution in [-0.4, -0.2) is 46.8 Å². The maximum absolute atomic E-state index is 12.3. The van der Waals surface area contributed by atoms with Crippen LogP contribution in [0.3, 0.4) is 0 Å². The molecular formula is C28H34ClN3O3. The van der Waals surface area contributed by atoms with E-state index in [1.54, 1.807) is 0 Å². The Labute approximate surface area is 212 Å². The molecule has 1 aliphatic heterocycles. The predicted molar refractivity (Wildman–Crippen MR) is 138 cm³/mol. The fraction of sp³-hybridized carbons (Fsp3) is 0.500. The number of likely N-dealkylation sites (N-methyl/N-ethyl adjacent to an activating group) is 1. The number of carboxylic acid groups (broad SMARTS) is 1. The van der Waals surface area contributed by atoms with E-state index >= 15 is 0 Å². The monoisotopic (exact) mass is 495 g/mol. The molecule has 2 aromatic rings. The zero-order valence-electron chi connectivity index (χ0n) is 20.3. The summed E-state index contributed by atoms with van der Waals surface area (Å²) in [5.74, 6) is 0.564. The Hall–Kier alpha value is -2.41. The highest BCUT2D eigenvalue weighted by Crippen LogP contribution is 2.47. The van der Waals surface area contributed by atoms with Gasteiger partial charge in [-0.2, -0.15) is 0 Å². The van der Waals surface area contributed by atoms with E-state index in [9.17, 15) is 9.90 Å². The van der Waals surface area contributed by atoms with E-state index in [2.05, 4.69) is 22.4 Å². The summed E-state index contributed by atoms with van der Waals surface area (Å²) in [6, 6.07) is 9.30. The molecule has 35 heavy (non-hydrogen) atoms. The number of carbonyl (C=O) groups is 1. The lowest BCUT2D eigenvalue weighted by Crippen LogP contribution is -2.49. The molecule has 0 saturated heterocycles. The van der Waals surface area contributed by atoms with E-state index in [0.29, 0.717) is 10.9 Å². The Kier molecular flexibility index (Phi) is 7.42. The number of hydrogen-bond donors (Lipinski definition) is 2. The number of nitrogens with zero attached hydrogens (tertiary/aromatic N) is 2. The summed E-state index contributed by atoms with van der Waals surface area (Å²) < 4.78 is 6.09. The molecule has 5 rings (SSSR count). The third-order valence-electron chi connectivity index (χ3n) is 7.59. The van der Waals surface area contributed by atoms with Crippen LogP contribution in [-0.2, 0) is 16.0 Å². The molecule has 0 radical (unpaired) electrons. The molecule has 2 N–H and O–H groups in total. The first-order valence-electron chi connectivity index (χ1n) is 12.8. The van der Waals surface area contributed by atoms with Gasteiger partial charge in [-0.3, -0.25) is 9.69 Å². The predicted octanol–water partition coefficient (Wildman–Crippen LogP) is 5.94. The number of aromatic nitrogens is 1. The van der Waals surface area contributed by atoms with Crippen molar-refractivity contribution < 1.29 is 14.6 Å². The summed E-state index contributed by atoms with van der Waals surface area (Å²) in [4.78, 5) is 18.7. The molecule has 0 bridgehead atoms. The Bertz CT molecular complexity index is 1090. The minimum atomic E-state index is -0.815. The van der Waals surface area contributed by atoms with Crippen molar-refractivity contribution in [2.75, 3.05) is 19.0 Å². The van der Waals surface area contributed by atoms with E-state index in [4.69, 9.17) is 16.3 Å². The number of pyridine rings is 1. The van der Waals surface area contributed by atoms with Crippen LogP contribution in [0.15, 0.2) is 48.3 Å². The van der Waals surface area contributed by atoms with Gasteiger partial charge in [-0.1, -0.05) is 35.9 Å². The van der Waals surface area contributed by atoms with Gasteiger partial charge in [0.05, 0.1) is 6.10 Å². The lowest BCUT2D eigenvalue weighted by Gasteiger charge is -2.43. The highest BCUT2D eigenvalue weighted by atomic mass is 35.5. The van der Waals surface area contributed by atoms with E-state index in [1.165, 1.54) is 11.3 Å². The van der Waals surface area contributed by atoms with E-state index in [0.717, 1.165) is 74.9 Å². The number of halogens is 1. The van der Waals surface area contributed by atoms with Gasteiger partial charge in [-0.25, -0.2) is 4.98 Å². The summed E-state index contributed by atoms with van der Waals surface area (Å²) in [7, 11) is 1.93. The van der Waals surface area contributed by atoms with E-state index in [-0.39, 0.29) is 12.1 Å². The molecule has 7 heteroatoms. The fourth-order valence-corrected chi connectivity index (χ4v) is 5.66. The molecule has 1 atom stereocenters. The van der Waals surface area contributed by atoms with Gasteiger partial charge in [0.1, 0.15) is 11.9 Å². The lowest BCUT2D eigenvalue weighted by atomic mass is 9.85. The summed E-state index contributed by atoms with van der Waals surface area (Å²) in [5.41, 5.74) is 4.37. The van der Waals surface area contributed by atoms with Crippen molar-refractivity contribution in [3.05, 3.63) is 70.0 Å². The minimum absolute atomic E-state index is 0.205. The number of anilines is 1. The molecule has 3 aliphatic rings. The number of benzene rings is 1. The van der Waals surface area contributed by atoms with Gasteiger partial charge < -0.3 is 15.2 Å². The number of aliphatic carboxylic acids is 1. The molecule has 2 fully saturated rings. The zero-order valence-corrected chi connectivity index (χ0v) is 21.0.